The fraction of sp³-hybridized carbons (Fsp3) is 0.800. The number of rotatable bonds is 12. The zero-order valence-electron chi connectivity index (χ0n) is 10.9. The van der Waals surface area contributed by atoms with Gasteiger partial charge >= 0.3 is 128 Å². The number of carboxylic acids is 2. The number of carbonyl (C=O) groups is 2. The molecular formula is C10H20N2O4S2Se. The second-order valence-electron chi connectivity index (χ2n) is 3.68. The third-order valence-electron chi connectivity index (χ3n) is 2.22. The normalized spacial score (nSPS) is 14.0. The number of nitrogens with one attached hydrogen (secondary N) is 2. The number of hydrogen-bond acceptors (Lipinski definition) is 6. The number of thioether (sulfide) groups is 2. The average Bonchev–Trinajstić information content (AvgIpc) is 2.36. The second-order valence-corrected chi connectivity index (χ2v) is 7.07. The van der Waals surface area contributed by atoms with Gasteiger partial charge in [-0.2, -0.15) is 0 Å². The minimum atomic E-state index is -0.895. The van der Waals surface area contributed by atoms with Gasteiger partial charge in [-0.05, 0) is 0 Å². The van der Waals surface area contributed by atoms with Gasteiger partial charge in [-0.25, -0.2) is 0 Å². The topological polar surface area (TPSA) is 98.7 Å². The Morgan fingerprint density at radius 2 is 1.37 bits per heavy atom. The predicted molar refractivity (Wildman–Crippen MR) is 80.9 cm³/mol. The van der Waals surface area contributed by atoms with Crippen LogP contribution in [0.3, 0.4) is 0 Å². The molecule has 4 N–H and O–H groups in total. The third kappa shape index (κ3) is 9.59. The molecule has 2 unspecified atom stereocenters. The Balaban J connectivity index is 4.05. The molecule has 0 rings (SSSR count). The van der Waals surface area contributed by atoms with E-state index in [0.29, 0.717) is 12.8 Å². The van der Waals surface area contributed by atoms with Crippen LogP contribution < -0.4 is 8.67 Å². The summed E-state index contributed by atoms with van der Waals surface area (Å²) in [6, 6.07) is -1.23. The third-order valence-corrected chi connectivity index (χ3v) is 5.20. The van der Waals surface area contributed by atoms with E-state index in [4.69, 9.17) is 10.2 Å². The molecule has 9 heteroatoms. The van der Waals surface area contributed by atoms with E-state index in [1.54, 1.807) is 23.5 Å². The molecule has 0 aliphatic rings. The Labute approximate surface area is 128 Å². The minimum absolute atomic E-state index is 0.400. The summed E-state index contributed by atoms with van der Waals surface area (Å²) in [6.07, 6.45) is 4.90. The zero-order valence-corrected chi connectivity index (χ0v) is 14.3. The van der Waals surface area contributed by atoms with Crippen molar-refractivity contribution in [1.29, 1.82) is 0 Å². The van der Waals surface area contributed by atoms with Gasteiger partial charge in [-0.3, -0.25) is 0 Å². The molecular weight excluding hydrogens is 355 g/mol. The van der Waals surface area contributed by atoms with Gasteiger partial charge in [0.2, 0.25) is 0 Å². The summed E-state index contributed by atoms with van der Waals surface area (Å²) in [4.78, 5) is 22.0. The van der Waals surface area contributed by atoms with Crippen molar-refractivity contribution in [1.82, 2.24) is 8.67 Å². The Bertz CT molecular complexity index is 258. The van der Waals surface area contributed by atoms with Gasteiger partial charge in [0, 0.05) is 0 Å². The molecule has 0 spiro atoms. The van der Waals surface area contributed by atoms with E-state index in [1.807, 2.05) is 12.5 Å². The van der Waals surface area contributed by atoms with Crippen LogP contribution in [0.4, 0.5) is 0 Å². The molecule has 0 saturated heterocycles. The summed E-state index contributed by atoms with van der Waals surface area (Å²) in [7, 11) is 0. The SMILES string of the molecule is CSCCC(N[Se]NC(CCSC)C(=O)O)C(=O)O. The summed E-state index contributed by atoms with van der Waals surface area (Å²) in [5.41, 5.74) is 0. The Kier molecular flexibility index (Phi) is 11.9. The summed E-state index contributed by atoms with van der Waals surface area (Å²) in [5, 5.41) is 18.0. The summed E-state index contributed by atoms with van der Waals surface area (Å²) in [6.45, 7) is 0. The molecule has 0 bridgehead atoms. The van der Waals surface area contributed by atoms with Crippen molar-refractivity contribution in [3.05, 3.63) is 0 Å². The molecule has 0 fully saturated rings. The van der Waals surface area contributed by atoms with Crippen molar-refractivity contribution >= 4 is 50.9 Å². The number of hydrogen-bond donors (Lipinski definition) is 4. The van der Waals surface area contributed by atoms with E-state index in [0.717, 1.165) is 11.5 Å². The van der Waals surface area contributed by atoms with E-state index in [1.165, 1.54) is 0 Å². The first-order valence-corrected chi connectivity index (χ1v) is 10.1. The molecule has 0 amide bonds. The first kappa shape index (κ1) is 19.1. The van der Waals surface area contributed by atoms with Crippen molar-refractivity contribution in [3.63, 3.8) is 0 Å². The van der Waals surface area contributed by atoms with Gasteiger partial charge in [-0.1, -0.05) is 0 Å². The van der Waals surface area contributed by atoms with Gasteiger partial charge in [0.05, 0.1) is 0 Å². The van der Waals surface area contributed by atoms with Crippen LogP contribution in [0.15, 0.2) is 0 Å². The van der Waals surface area contributed by atoms with Gasteiger partial charge in [0.1, 0.15) is 0 Å². The van der Waals surface area contributed by atoms with Crippen molar-refractivity contribution in [2.45, 2.75) is 24.9 Å². The van der Waals surface area contributed by atoms with Crippen LogP contribution in [0.5, 0.6) is 0 Å². The molecule has 19 heavy (non-hydrogen) atoms. The molecule has 0 aliphatic heterocycles. The van der Waals surface area contributed by atoms with Gasteiger partial charge < -0.3 is 0 Å². The Morgan fingerprint density at radius 3 is 1.63 bits per heavy atom. The van der Waals surface area contributed by atoms with Crippen molar-refractivity contribution < 1.29 is 19.8 Å². The molecule has 112 valence electrons. The van der Waals surface area contributed by atoms with E-state index in [9.17, 15) is 9.59 Å². The molecule has 0 saturated carbocycles. The van der Waals surface area contributed by atoms with E-state index in [-0.39, 0.29) is 0 Å². The predicted octanol–water partition coefficient (Wildman–Crippen LogP) is 0.112. The molecule has 0 aromatic carbocycles. The van der Waals surface area contributed by atoms with Crippen LogP contribution in [-0.4, -0.2) is 73.6 Å². The molecule has 6 nitrogen and oxygen atoms in total. The summed E-state index contributed by atoms with van der Waals surface area (Å²) < 4.78 is 5.77. The van der Waals surface area contributed by atoms with E-state index in [2.05, 4.69) is 8.67 Å². The molecule has 0 heterocycles. The maximum atomic E-state index is 11.0. The van der Waals surface area contributed by atoms with Crippen LogP contribution in [0.25, 0.3) is 0 Å². The average molecular weight is 375 g/mol. The molecule has 0 radical (unpaired) electrons. The fourth-order valence-electron chi connectivity index (χ4n) is 1.11. The van der Waals surface area contributed by atoms with Gasteiger partial charge in [0.15, 0.2) is 0 Å². The van der Waals surface area contributed by atoms with E-state index >= 15 is 0 Å². The van der Waals surface area contributed by atoms with Crippen LogP contribution in [0.1, 0.15) is 12.8 Å². The first-order chi connectivity index (χ1) is 9.02. The Hall–Kier alpha value is 0.0795. The Morgan fingerprint density at radius 1 is 1.00 bits per heavy atom. The number of carboxylic acid groups (broad SMARTS) is 2. The summed E-state index contributed by atoms with van der Waals surface area (Å²) >= 11 is 2.78. The van der Waals surface area contributed by atoms with Crippen LogP contribution in [-0.2, 0) is 9.59 Å². The summed E-state index contributed by atoms with van der Waals surface area (Å²) in [5.74, 6) is -0.272. The molecule has 0 aromatic heterocycles. The van der Waals surface area contributed by atoms with Crippen LogP contribution in [0, 0.1) is 0 Å². The van der Waals surface area contributed by atoms with E-state index < -0.39 is 39.4 Å². The monoisotopic (exact) mass is 376 g/mol. The second kappa shape index (κ2) is 11.9. The quantitative estimate of drug-likeness (QED) is 0.357. The van der Waals surface area contributed by atoms with Gasteiger partial charge in [0.25, 0.3) is 0 Å². The maximum absolute atomic E-state index is 11.0. The molecule has 2 atom stereocenters. The van der Waals surface area contributed by atoms with Crippen molar-refractivity contribution in [3.8, 4) is 0 Å². The van der Waals surface area contributed by atoms with Crippen molar-refractivity contribution in [2.75, 3.05) is 24.0 Å². The molecule has 0 aromatic rings. The van der Waals surface area contributed by atoms with Crippen LogP contribution >= 0.6 is 23.5 Å². The van der Waals surface area contributed by atoms with Crippen LogP contribution in [0.2, 0.25) is 0 Å². The van der Waals surface area contributed by atoms with Crippen molar-refractivity contribution in [2.24, 2.45) is 0 Å². The fourth-order valence-corrected chi connectivity index (χ4v) is 3.71. The first-order valence-electron chi connectivity index (χ1n) is 5.63. The number of aliphatic carboxylic acids is 2. The standard InChI is InChI=1S/C10H20N2O4S2Se/c1-17-5-3-7(9(13)14)11-19-12-8(10(15)16)4-6-18-2/h7-8,11-12H,3-6H2,1-2H3,(H,13,14)(H,15,16). The zero-order chi connectivity index (χ0) is 14.7. The molecule has 0 aliphatic carbocycles. The van der Waals surface area contributed by atoms with Gasteiger partial charge in [-0.15, -0.1) is 0 Å².